The molecule has 2 N–H and O–H groups in total. The summed E-state index contributed by atoms with van der Waals surface area (Å²) in [5.41, 5.74) is 2.72. The van der Waals surface area contributed by atoms with Crippen molar-refractivity contribution in [1.29, 1.82) is 0 Å². The third-order valence-corrected chi connectivity index (χ3v) is 3.18. The van der Waals surface area contributed by atoms with Crippen molar-refractivity contribution in [3.8, 4) is 5.75 Å². The summed E-state index contributed by atoms with van der Waals surface area (Å²) in [5.74, 6) is 0.296. The number of rotatable bonds is 3. The fourth-order valence-corrected chi connectivity index (χ4v) is 2.13. The monoisotopic (exact) mass is 282 g/mol. The number of ether oxygens (including phenoxy) is 1. The van der Waals surface area contributed by atoms with E-state index in [0.717, 1.165) is 11.1 Å². The van der Waals surface area contributed by atoms with Crippen molar-refractivity contribution in [3.63, 3.8) is 0 Å². The van der Waals surface area contributed by atoms with Gasteiger partial charge >= 0.3 is 0 Å². The number of H-pyrrole nitrogens is 1. The molecular formula is C15H14N4O2. The largest absolute Gasteiger partial charge is 0.495 e. The van der Waals surface area contributed by atoms with E-state index in [1.165, 1.54) is 0 Å². The van der Waals surface area contributed by atoms with Gasteiger partial charge in [0.1, 0.15) is 5.75 Å². The summed E-state index contributed by atoms with van der Waals surface area (Å²) >= 11 is 0. The molecule has 0 atom stereocenters. The molecular weight excluding hydrogens is 268 g/mol. The minimum Gasteiger partial charge on any atom is -0.495 e. The molecule has 0 aliphatic carbocycles. The van der Waals surface area contributed by atoms with Crippen molar-refractivity contribution in [2.75, 3.05) is 12.4 Å². The van der Waals surface area contributed by atoms with Crippen molar-refractivity contribution in [1.82, 2.24) is 15.2 Å². The van der Waals surface area contributed by atoms with Crippen LogP contribution in [0.1, 0.15) is 16.1 Å². The van der Waals surface area contributed by atoms with E-state index in [1.807, 2.05) is 25.1 Å². The van der Waals surface area contributed by atoms with Gasteiger partial charge in [0.05, 0.1) is 23.7 Å². The molecule has 0 aliphatic heterocycles. The van der Waals surface area contributed by atoms with Crippen LogP contribution < -0.4 is 10.1 Å². The average Bonchev–Trinajstić information content (AvgIpc) is 2.91. The van der Waals surface area contributed by atoms with Gasteiger partial charge in [0.15, 0.2) is 5.69 Å². The number of hydrogen-bond acceptors (Lipinski definition) is 4. The van der Waals surface area contributed by atoms with Crippen LogP contribution in [0.2, 0.25) is 0 Å². The summed E-state index contributed by atoms with van der Waals surface area (Å²) in [6.45, 7) is 1.95. The molecule has 0 saturated carbocycles. The van der Waals surface area contributed by atoms with Gasteiger partial charge in [0.25, 0.3) is 5.91 Å². The van der Waals surface area contributed by atoms with Crippen molar-refractivity contribution in [2.45, 2.75) is 6.92 Å². The molecule has 0 bridgehead atoms. The average molecular weight is 282 g/mol. The van der Waals surface area contributed by atoms with E-state index in [1.54, 1.807) is 25.6 Å². The Morgan fingerprint density at radius 3 is 3.00 bits per heavy atom. The van der Waals surface area contributed by atoms with Crippen LogP contribution in [0, 0.1) is 6.92 Å². The van der Waals surface area contributed by atoms with Gasteiger partial charge in [-0.2, -0.15) is 5.10 Å². The molecule has 106 valence electrons. The SMILES string of the molecule is COc1ccc(C)cc1NC(=O)c1n[nH]c2ccncc12. The standard InChI is InChI=1S/C15H14N4O2/c1-9-3-4-13(21-2)12(7-9)17-15(20)14-10-8-16-6-5-11(10)18-19-14/h3-8H,1-2H3,(H,17,20)(H,18,19). The number of fused-ring (bicyclic) bond motifs is 1. The van der Waals surface area contributed by atoms with E-state index < -0.39 is 0 Å². The first-order valence-corrected chi connectivity index (χ1v) is 6.43. The minimum atomic E-state index is -0.307. The summed E-state index contributed by atoms with van der Waals surface area (Å²) < 4.78 is 5.25. The van der Waals surface area contributed by atoms with Gasteiger partial charge in [-0.1, -0.05) is 6.07 Å². The van der Waals surface area contributed by atoms with Crippen molar-refractivity contribution in [3.05, 3.63) is 47.9 Å². The van der Waals surface area contributed by atoms with Crippen LogP contribution in [0.15, 0.2) is 36.7 Å². The fraction of sp³-hybridized carbons (Fsp3) is 0.133. The molecule has 0 unspecified atom stereocenters. The van der Waals surface area contributed by atoms with Crippen LogP contribution in [0.5, 0.6) is 5.75 Å². The molecule has 3 aromatic rings. The first-order valence-electron chi connectivity index (χ1n) is 6.43. The molecule has 21 heavy (non-hydrogen) atoms. The Labute approximate surface area is 121 Å². The molecule has 0 fully saturated rings. The number of pyridine rings is 1. The molecule has 1 amide bonds. The number of aromatic nitrogens is 3. The van der Waals surface area contributed by atoms with Crippen LogP contribution in [0.25, 0.3) is 10.9 Å². The summed E-state index contributed by atoms with van der Waals surface area (Å²) in [4.78, 5) is 16.4. The van der Waals surface area contributed by atoms with Crippen molar-refractivity contribution >= 4 is 22.5 Å². The lowest BCUT2D eigenvalue weighted by Crippen LogP contribution is -2.13. The van der Waals surface area contributed by atoms with Gasteiger partial charge in [-0.15, -0.1) is 0 Å². The van der Waals surface area contributed by atoms with E-state index in [-0.39, 0.29) is 5.91 Å². The second-order valence-corrected chi connectivity index (χ2v) is 4.65. The lowest BCUT2D eigenvalue weighted by atomic mass is 10.2. The summed E-state index contributed by atoms with van der Waals surface area (Å²) in [5, 5.41) is 10.4. The number of aromatic amines is 1. The van der Waals surface area contributed by atoms with Crippen molar-refractivity contribution in [2.24, 2.45) is 0 Å². The molecule has 2 aromatic heterocycles. The molecule has 6 nitrogen and oxygen atoms in total. The fourth-order valence-electron chi connectivity index (χ4n) is 2.13. The molecule has 6 heteroatoms. The Balaban J connectivity index is 1.95. The van der Waals surface area contributed by atoms with Crippen molar-refractivity contribution < 1.29 is 9.53 Å². The normalized spacial score (nSPS) is 10.6. The third-order valence-electron chi connectivity index (χ3n) is 3.18. The molecule has 3 rings (SSSR count). The Morgan fingerprint density at radius 2 is 2.19 bits per heavy atom. The number of methoxy groups -OCH3 is 1. The predicted octanol–water partition coefficient (Wildman–Crippen LogP) is 2.53. The Morgan fingerprint density at radius 1 is 1.33 bits per heavy atom. The number of benzene rings is 1. The summed E-state index contributed by atoms with van der Waals surface area (Å²) in [6, 6.07) is 7.35. The van der Waals surface area contributed by atoms with Gasteiger partial charge in [0.2, 0.25) is 0 Å². The number of aryl methyl sites for hydroxylation is 1. The van der Waals surface area contributed by atoms with Gasteiger partial charge in [-0.05, 0) is 30.7 Å². The number of nitrogens with one attached hydrogen (secondary N) is 2. The zero-order valence-electron chi connectivity index (χ0n) is 11.7. The minimum absolute atomic E-state index is 0.307. The summed E-state index contributed by atoms with van der Waals surface area (Å²) in [7, 11) is 1.56. The van der Waals surface area contributed by atoms with Gasteiger partial charge in [0, 0.05) is 12.4 Å². The topological polar surface area (TPSA) is 79.9 Å². The maximum Gasteiger partial charge on any atom is 0.276 e. The van der Waals surface area contributed by atoms with Gasteiger partial charge in [-0.25, -0.2) is 0 Å². The second-order valence-electron chi connectivity index (χ2n) is 4.65. The number of anilines is 1. The van der Waals surface area contributed by atoms with Gasteiger partial charge in [-0.3, -0.25) is 14.9 Å². The van der Waals surface area contributed by atoms with E-state index in [0.29, 0.717) is 22.5 Å². The van der Waals surface area contributed by atoms with E-state index in [2.05, 4.69) is 20.5 Å². The van der Waals surface area contributed by atoms with Crippen LogP contribution in [0.3, 0.4) is 0 Å². The van der Waals surface area contributed by atoms with Crippen LogP contribution in [0.4, 0.5) is 5.69 Å². The highest BCUT2D eigenvalue weighted by Crippen LogP contribution is 2.26. The molecule has 2 heterocycles. The number of carbonyl (C=O) groups is 1. The number of hydrogen-bond donors (Lipinski definition) is 2. The third kappa shape index (κ3) is 2.43. The number of carbonyl (C=O) groups excluding carboxylic acids is 1. The molecule has 0 saturated heterocycles. The molecule has 0 aliphatic rings. The Bertz CT molecular complexity index is 810. The second kappa shape index (κ2) is 5.24. The van der Waals surface area contributed by atoms with Crippen LogP contribution >= 0.6 is 0 Å². The number of amides is 1. The highest BCUT2D eigenvalue weighted by Gasteiger charge is 2.16. The summed E-state index contributed by atoms with van der Waals surface area (Å²) in [6.07, 6.45) is 3.26. The quantitative estimate of drug-likeness (QED) is 0.773. The van der Waals surface area contributed by atoms with E-state index >= 15 is 0 Å². The van der Waals surface area contributed by atoms with Gasteiger partial charge < -0.3 is 10.1 Å². The molecule has 0 spiro atoms. The Hall–Kier alpha value is -2.89. The van der Waals surface area contributed by atoms with Crippen LogP contribution in [-0.2, 0) is 0 Å². The van der Waals surface area contributed by atoms with E-state index in [4.69, 9.17) is 4.74 Å². The molecule has 1 aromatic carbocycles. The lowest BCUT2D eigenvalue weighted by Gasteiger charge is -2.10. The Kier molecular flexibility index (Phi) is 3.27. The smallest absolute Gasteiger partial charge is 0.276 e. The highest BCUT2D eigenvalue weighted by atomic mass is 16.5. The zero-order valence-corrected chi connectivity index (χ0v) is 11.7. The first kappa shape index (κ1) is 13.1. The van der Waals surface area contributed by atoms with E-state index in [9.17, 15) is 4.79 Å². The maximum absolute atomic E-state index is 12.4. The van der Waals surface area contributed by atoms with Crippen LogP contribution in [-0.4, -0.2) is 28.2 Å². The first-order chi connectivity index (χ1) is 10.2. The number of nitrogens with zero attached hydrogens (tertiary/aromatic N) is 2. The maximum atomic E-state index is 12.4. The lowest BCUT2D eigenvalue weighted by molar-refractivity contribution is 0.102. The molecule has 0 radical (unpaired) electrons. The predicted molar refractivity (Wildman–Crippen MR) is 79.6 cm³/mol. The zero-order chi connectivity index (χ0) is 14.8. The highest BCUT2D eigenvalue weighted by molar-refractivity contribution is 6.11.